The van der Waals surface area contributed by atoms with Crippen LogP contribution in [0.4, 0.5) is 0 Å². The number of rotatable bonds is 9. The zero-order valence-corrected chi connectivity index (χ0v) is 20.2. The quantitative estimate of drug-likeness (QED) is 0.330. The summed E-state index contributed by atoms with van der Waals surface area (Å²) in [6.45, 7) is 4.88. The van der Waals surface area contributed by atoms with Crippen molar-refractivity contribution in [2.75, 3.05) is 34.3 Å². The fraction of sp³-hybridized carbons (Fsp3) is 0.385. The number of hydrogen-bond acceptors (Lipinski definition) is 7. The number of ketones is 1. The summed E-state index contributed by atoms with van der Waals surface area (Å²) in [5, 5.41) is 21.2. The molecular formula is C26H32N2O6. The van der Waals surface area contributed by atoms with E-state index < -0.39 is 17.7 Å². The van der Waals surface area contributed by atoms with E-state index in [1.807, 2.05) is 32.8 Å². The van der Waals surface area contributed by atoms with Gasteiger partial charge in [0.2, 0.25) is 0 Å². The number of amides is 1. The average Bonchev–Trinajstić information content (AvgIpc) is 3.04. The van der Waals surface area contributed by atoms with E-state index in [-0.39, 0.29) is 28.9 Å². The molecule has 2 aromatic rings. The summed E-state index contributed by atoms with van der Waals surface area (Å²) < 4.78 is 10.9. The number of likely N-dealkylation sites (tertiary alicyclic amines) is 1. The molecule has 1 saturated heterocycles. The lowest BCUT2D eigenvalue weighted by atomic mass is 9.95. The Morgan fingerprint density at radius 3 is 2.38 bits per heavy atom. The van der Waals surface area contributed by atoms with Gasteiger partial charge in [0.25, 0.3) is 11.7 Å². The van der Waals surface area contributed by atoms with Gasteiger partial charge in [0, 0.05) is 12.1 Å². The summed E-state index contributed by atoms with van der Waals surface area (Å²) in [5.41, 5.74) is 0.957. The van der Waals surface area contributed by atoms with Gasteiger partial charge in [-0.15, -0.1) is 0 Å². The van der Waals surface area contributed by atoms with Crippen LogP contribution < -0.4 is 9.47 Å². The topological polar surface area (TPSA) is 99.5 Å². The summed E-state index contributed by atoms with van der Waals surface area (Å²) in [7, 11) is 5.29. The lowest BCUT2D eigenvalue weighted by Crippen LogP contribution is -2.32. The van der Waals surface area contributed by atoms with E-state index in [1.165, 1.54) is 18.1 Å². The lowest BCUT2D eigenvalue weighted by Gasteiger charge is -2.26. The molecule has 0 bridgehead atoms. The molecule has 1 atom stereocenters. The second-order valence-corrected chi connectivity index (χ2v) is 8.77. The number of phenols is 1. The maximum atomic E-state index is 13.1. The maximum Gasteiger partial charge on any atom is 0.295 e. The first-order chi connectivity index (χ1) is 16.1. The first kappa shape index (κ1) is 25.1. The Morgan fingerprint density at radius 1 is 1.12 bits per heavy atom. The van der Waals surface area contributed by atoms with Gasteiger partial charge in [0.05, 0.1) is 24.8 Å². The Kier molecular flexibility index (Phi) is 7.83. The van der Waals surface area contributed by atoms with E-state index >= 15 is 0 Å². The Bertz CT molecular complexity index is 1080. The van der Waals surface area contributed by atoms with Crippen LogP contribution in [0.2, 0.25) is 0 Å². The zero-order chi connectivity index (χ0) is 25.0. The van der Waals surface area contributed by atoms with E-state index in [1.54, 1.807) is 36.4 Å². The fourth-order valence-electron chi connectivity index (χ4n) is 4.00. The second kappa shape index (κ2) is 10.6. The van der Waals surface area contributed by atoms with Crippen molar-refractivity contribution in [3.05, 3.63) is 59.2 Å². The predicted molar refractivity (Wildman–Crippen MR) is 129 cm³/mol. The Balaban J connectivity index is 2.08. The van der Waals surface area contributed by atoms with Gasteiger partial charge in [-0.3, -0.25) is 9.59 Å². The minimum absolute atomic E-state index is 0.000115. The van der Waals surface area contributed by atoms with E-state index in [0.717, 1.165) is 6.54 Å². The fourth-order valence-corrected chi connectivity index (χ4v) is 4.00. The molecule has 0 spiro atoms. The number of benzene rings is 2. The van der Waals surface area contributed by atoms with Gasteiger partial charge in [-0.05, 0) is 82.9 Å². The summed E-state index contributed by atoms with van der Waals surface area (Å²) in [4.78, 5) is 29.6. The first-order valence-corrected chi connectivity index (χ1v) is 11.2. The molecule has 182 valence electrons. The lowest BCUT2D eigenvalue weighted by molar-refractivity contribution is -0.139. The minimum Gasteiger partial charge on any atom is -0.507 e. The molecule has 1 amide bonds. The van der Waals surface area contributed by atoms with Gasteiger partial charge in [0.1, 0.15) is 11.5 Å². The van der Waals surface area contributed by atoms with Gasteiger partial charge in [-0.1, -0.05) is 6.07 Å². The second-order valence-electron chi connectivity index (χ2n) is 8.77. The molecule has 0 saturated carbocycles. The van der Waals surface area contributed by atoms with Gasteiger partial charge < -0.3 is 29.5 Å². The van der Waals surface area contributed by atoms with Gasteiger partial charge in [-0.2, -0.15) is 0 Å². The molecule has 3 rings (SSSR count). The molecule has 2 N–H and O–H groups in total. The number of hydrogen-bond donors (Lipinski definition) is 2. The zero-order valence-electron chi connectivity index (χ0n) is 20.2. The van der Waals surface area contributed by atoms with Crippen molar-refractivity contribution >= 4 is 17.4 Å². The monoisotopic (exact) mass is 468 g/mol. The van der Waals surface area contributed by atoms with Gasteiger partial charge in [0.15, 0.2) is 11.5 Å². The highest BCUT2D eigenvalue weighted by Crippen LogP contribution is 2.41. The molecule has 8 nitrogen and oxygen atoms in total. The minimum atomic E-state index is -0.816. The number of carbonyl (C=O) groups is 2. The largest absolute Gasteiger partial charge is 0.507 e. The molecule has 1 aliphatic heterocycles. The molecule has 0 radical (unpaired) electrons. The summed E-state index contributed by atoms with van der Waals surface area (Å²) in [6, 6.07) is 10.6. The number of nitrogens with zero attached hydrogens (tertiary/aromatic N) is 2. The molecule has 2 aromatic carbocycles. The number of aliphatic hydroxyl groups is 1. The van der Waals surface area contributed by atoms with Crippen LogP contribution >= 0.6 is 0 Å². The molecule has 1 heterocycles. The van der Waals surface area contributed by atoms with Crippen LogP contribution in [0.5, 0.6) is 17.2 Å². The van der Waals surface area contributed by atoms with Gasteiger partial charge in [-0.25, -0.2) is 0 Å². The predicted octanol–water partition coefficient (Wildman–Crippen LogP) is 3.56. The Hall–Kier alpha value is -3.52. The highest BCUT2D eigenvalue weighted by molar-refractivity contribution is 6.46. The van der Waals surface area contributed by atoms with Crippen molar-refractivity contribution in [2.45, 2.75) is 32.4 Å². The maximum absolute atomic E-state index is 13.1. The van der Waals surface area contributed by atoms with Crippen LogP contribution in [-0.2, 0) is 9.59 Å². The normalized spacial score (nSPS) is 17.6. The highest BCUT2D eigenvalue weighted by atomic mass is 16.5. The standard InChI is InChI=1S/C26H32N2O6/c1-16(2)34-19-10-7-17(8-11-19)24(30)22-23(18-9-12-20(29)21(15-18)33-5)28(26(32)25(22)31)14-6-13-27(3)4/h7-12,15-16,23,29-30H,6,13-14H2,1-5H3/b24-22+/t23-/m1/s1. The van der Waals surface area contributed by atoms with E-state index in [4.69, 9.17) is 9.47 Å². The number of methoxy groups -OCH3 is 1. The van der Waals surface area contributed by atoms with Crippen LogP contribution in [0.3, 0.4) is 0 Å². The van der Waals surface area contributed by atoms with Crippen molar-refractivity contribution in [1.29, 1.82) is 0 Å². The molecule has 0 unspecified atom stereocenters. The molecule has 0 aliphatic carbocycles. The van der Waals surface area contributed by atoms with Crippen molar-refractivity contribution in [2.24, 2.45) is 0 Å². The first-order valence-electron chi connectivity index (χ1n) is 11.2. The molecule has 1 fully saturated rings. The highest BCUT2D eigenvalue weighted by Gasteiger charge is 2.46. The SMILES string of the molecule is COc1cc([C@@H]2/C(=C(\O)c3ccc(OC(C)C)cc3)C(=O)C(=O)N2CCCN(C)C)ccc1O. The number of carbonyl (C=O) groups excluding carboxylic acids is 2. The van der Waals surface area contributed by atoms with Gasteiger partial charge >= 0.3 is 0 Å². The van der Waals surface area contributed by atoms with Crippen molar-refractivity contribution < 1.29 is 29.3 Å². The number of ether oxygens (including phenoxy) is 2. The number of aromatic hydroxyl groups is 1. The van der Waals surface area contributed by atoms with Crippen molar-refractivity contribution in [1.82, 2.24) is 9.80 Å². The van der Waals surface area contributed by atoms with Crippen LogP contribution in [0.25, 0.3) is 5.76 Å². The molecule has 34 heavy (non-hydrogen) atoms. The molecule has 8 heteroatoms. The smallest absolute Gasteiger partial charge is 0.295 e. The molecule has 0 aromatic heterocycles. The molecule has 1 aliphatic rings. The number of Topliss-reactive ketones (excluding diaryl/α,β-unsaturated/α-hetero) is 1. The van der Waals surface area contributed by atoms with Crippen LogP contribution in [-0.4, -0.2) is 72.1 Å². The average molecular weight is 469 g/mol. The van der Waals surface area contributed by atoms with Crippen molar-refractivity contribution in [3.63, 3.8) is 0 Å². The van der Waals surface area contributed by atoms with Crippen LogP contribution in [0.15, 0.2) is 48.0 Å². The third kappa shape index (κ3) is 5.34. The third-order valence-electron chi connectivity index (χ3n) is 5.56. The third-order valence-corrected chi connectivity index (χ3v) is 5.56. The Labute approximate surface area is 200 Å². The van der Waals surface area contributed by atoms with Crippen LogP contribution in [0.1, 0.15) is 37.4 Å². The Morgan fingerprint density at radius 2 is 1.79 bits per heavy atom. The van der Waals surface area contributed by atoms with E-state index in [2.05, 4.69) is 0 Å². The van der Waals surface area contributed by atoms with E-state index in [9.17, 15) is 19.8 Å². The van der Waals surface area contributed by atoms with Crippen molar-refractivity contribution in [3.8, 4) is 17.2 Å². The van der Waals surface area contributed by atoms with E-state index in [0.29, 0.717) is 29.8 Å². The van der Waals surface area contributed by atoms with Crippen LogP contribution in [0, 0.1) is 0 Å². The number of aliphatic hydroxyl groups excluding tert-OH is 1. The molecular weight excluding hydrogens is 436 g/mol. The number of phenolic OH excluding ortho intramolecular Hbond substituents is 1. The summed E-state index contributed by atoms with van der Waals surface area (Å²) in [6.07, 6.45) is 0.643. The summed E-state index contributed by atoms with van der Waals surface area (Å²) >= 11 is 0. The summed E-state index contributed by atoms with van der Waals surface area (Å²) in [5.74, 6) is -0.890.